The average molecular weight is 355 g/mol. The van der Waals surface area contributed by atoms with E-state index >= 15 is 0 Å². The van der Waals surface area contributed by atoms with Crippen LogP contribution in [0.3, 0.4) is 0 Å². The Hall–Kier alpha value is -0.420. The number of ether oxygens (including phenoxy) is 1. The minimum absolute atomic E-state index is 0.398. The van der Waals surface area contributed by atoms with Crippen LogP contribution in [0.2, 0.25) is 0 Å². The van der Waals surface area contributed by atoms with Gasteiger partial charge in [0.05, 0.1) is 12.7 Å². The van der Waals surface area contributed by atoms with Crippen LogP contribution in [0, 0.1) is 0 Å². The van der Waals surface area contributed by atoms with Crippen LogP contribution in [0.4, 0.5) is 0 Å². The van der Waals surface area contributed by atoms with Gasteiger partial charge in [-0.3, -0.25) is 4.90 Å². The van der Waals surface area contributed by atoms with E-state index in [1.807, 2.05) is 0 Å². The quantitative estimate of drug-likeness (QED) is 0.757. The molecule has 0 aliphatic carbocycles. The van der Waals surface area contributed by atoms with Gasteiger partial charge in [0.1, 0.15) is 0 Å². The maximum atomic E-state index is 5.74. The number of nitrogens with one attached hydrogen (secondary N) is 1. The number of hydrogen-bond acceptors (Lipinski definition) is 3. The van der Waals surface area contributed by atoms with E-state index in [0.29, 0.717) is 6.10 Å². The fourth-order valence-electron chi connectivity index (χ4n) is 2.65. The predicted molar refractivity (Wildman–Crippen MR) is 91.4 cm³/mol. The predicted octanol–water partition coefficient (Wildman–Crippen LogP) is 3.56. The van der Waals surface area contributed by atoms with Gasteiger partial charge in [0, 0.05) is 30.7 Å². The molecule has 0 saturated carbocycles. The zero-order valence-electron chi connectivity index (χ0n) is 13.2. The number of nitrogens with zero attached hydrogens (tertiary/aromatic N) is 1. The molecule has 0 amide bonds. The third-order valence-corrected chi connectivity index (χ3v) is 4.68. The normalized spacial score (nSPS) is 19.9. The van der Waals surface area contributed by atoms with Gasteiger partial charge in [0.25, 0.3) is 0 Å². The van der Waals surface area contributed by atoms with E-state index in [4.69, 9.17) is 4.74 Å². The molecule has 21 heavy (non-hydrogen) atoms. The van der Waals surface area contributed by atoms with Crippen LogP contribution >= 0.6 is 15.9 Å². The molecule has 0 aromatic heterocycles. The summed E-state index contributed by atoms with van der Waals surface area (Å²) in [5.41, 5.74) is 2.71. The Bertz CT molecular complexity index is 439. The molecule has 4 heteroatoms. The van der Waals surface area contributed by atoms with Crippen molar-refractivity contribution < 1.29 is 4.74 Å². The number of halogens is 1. The van der Waals surface area contributed by atoms with Crippen molar-refractivity contribution in [2.45, 2.75) is 45.9 Å². The highest BCUT2D eigenvalue weighted by atomic mass is 79.9. The van der Waals surface area contributed by atoms with E-state index in [-0.39, 0.29) is 0 Å². The van der Waals surface area contributed by atoms with E-state index in [9.17, 15) is 0 Å². The summed E-state index contributed by atoms with van der Waals surface area (Å²) >= 11 is 3.73. The fraction of sp³-hybridized carbons (Fsp3) is 0.647. The standard InChI is InChI=1S/C17H27BrN2O/c1-3-7-19-11-14-5-6-15(17(18)10-14)12-20-8-9-21-16(4-2)13-20/h5-6,10,16,19H,3-4,7-9,11-13H2,1-2H3. The van der Waals surface area contributed by atoms with Crippen molar-refractivity contribution in [3.05, 3.63) is 33.8 Å². The van der Waals surface area contributed by atoms with Gasteiger partial charge in [-0.2, -0.15) is 0 Å². The molecule has 1 aromatic carbocycles. The van der Waals surface area contributed by atoms with Crippen molar-refractivity contribution in [2.24, 2.45) is 0 Å². The SMILES string of the molecule is CCCNCc1ccc(CN2CCOC(CC)C2)c(Br)c1. The van der Waals surface area contributed by atoms with Crippen molar-refractivity contribution in [1.29, 1.82) is 0 Å². The molecule has 1 aliphatic heterocycles. The maximum Gasteiger partial charge on any atom is 0.0700 e. The fourth-order valence-corrected chi connectivity index (χ4v) is 3.20. The van der Waals surface area contributed by atoms with Crippen LogP contribution in [0.5, 0.6) is 0 Å². The lowest BCUT2D eigenvalue weighted by Crippen LogP contribution is -2.41. The van der Waals surface area contributed by atoms with E-state index < -0.39 is 0 Å². The molecule has 1 heterocycles. The van der Waals surface area contributed by atoms with Crippen LogP contribution in [-0.4, -0.2) is 37.2 Å². The van der Waals surface area contributed by atoms with E-state index in [1.54, 1.807) is 0 Å². The van der Waals surface area contributed by atoms with E-state index in [2.05, 4.69) is 58.2 Å². The largest absolute Gasteiger partial charge is 0.376 e. The molecule has 1 saturated heterocycles. The zero-order chi connectivity index (χ0) is 15.1. The maximum absolute atomic E-state index is 5.74. The summed E-state index contributed by atoms with van der Waals surface area (Å²) in [4.78, 5) is 2.49. The second-order valence-electron chi connectivity index (χ2n) is 5.74. The molecule has 1 unspecified atom stereocenters. The van der Waals surface area contributed by atoms with Crippen LogP contribution in [-0.2, 0) is 17.8 Å². The van der Waals surface area contributed by atoms with Crippen LogP contribution in [0.15, 0.2) is 22.7 Å². The van der Waals surface area contributed by atoms with Crippen molar-refractivity contribution >= 4 is 15.9 Å². The third kappa shape index (κ3) is 5.37. The Balaban J connectivity index is 1.91. The number of benzene rings is 1. The lowest BCUT2D eigenvalue weighted by Gasteiger charge is -2.32. The Morgan fingerprint density at radius 3 is 2.95 bits per heavy atom. The van der Waals surface area contributed by atoms with Gasteiger partial charge in [-0.05, 0) is 36.6 Å². The van der Waals surface area contributed by atoms with Gasteiger partial charge in [0.2, 0.25) is 0 Å². The number of rotatable bonds is 7. The molecule has 0 spiro atoms. The average Bonchev–Trinajstić information content (AvgIpc) is 2.50. The summed E-state index contributed by atoms with van der Waals surface area (Å²) < 4.78 is 6.96. The molecule has 1 fully saturated rings. The lowest BCUT2D eigenvalue weighted by molar-refractivity contribution is -0.0325. The first-order chi connectivity index (χ1) is 10.2. The minimum atomic E-state index is 0.398. The summed E-state index contributed by atoms with van der Waals surface area (Å²) in [7, 11) is 0. The molecule has 2 rings (SSSR count). The second-order valence-corrected chi connectivity index (χ2v) is 6.59. The van der Waals surface area contributed by atoms with Gasteiger partial charge in [0.15, 0.2) is 0 Å². The Labute approximate surface area is 137 Å². The number of morpholine rings is 1. The molecule has 1 aliphatic rings. The first-order valence-corrected chi connectivity index (χ1v) is 8.84. The molecule has 1 N–H and O–H groups in total. The van der Waals surface area contributed by atoms with Gasteiger partial charge in [-0.25, -0.2) is 0 Å². The molecule has 0 radical (unpaired) electrons. The van der Waals surface area contributed by atoms with Gasteiger partial charge in [-0.1, -0.05) is 41.9 Å². The smallest absolute Gasteiger partial charge is 0.0700 e. The molecular formula is C17H27BrN2O. The Kier molecular flexibility index (Phi) is 7.17. The summed E-state index contributed by atoms with van der Waals surface area (Å²) in [6.45, 7) is 10.3. The summed E-state index contributed by atoms with van der Waals surface area (Å²) in [5.74, 6) is 0. The molecule has 1 aromatic rings. The first-order valence-electron chi connectivity index (χ1n) is 8.05. The number of hydrogen-bond donors (Lipinski definition) is 1. The summed E-state index contributed by atoms with van der Waals surface area (Å²) in [6, 6.07) is 6.74. The van der Waals surface area contributed by atoms with Crippen molar-refractivity contribution in [2.75, 3.05) is 26.2 Å². The third-order valence-electron chi connectivity index (χ3n) is 3.95. The summed E-state index contributed by atoms with van der Waals surface area (Å²) in [5, 5.41) is 3.45. The van der Waals surface area contributed by atoms with Crippen LogP contribution in [0.1, 0.15) is 37.8 Å². The Morgan fingerprint density at radius 1 is 1.38 bits per heavy atom. The lowest BCUT2D eigenvalue weighted by atomic mass is 10.1. The molecule has 0 bridgehead atoms. The highest BCUT2D eigenvalue weighted by Crippen LogP contribution is 2.21. The van der Waals surface area contributed by atoms with E-state index in [0.717, 1.165) is 45.8 Å². The first kappa shape index (κ1) is 16.9. The molecule has 1 atom stereocenters. The van der Waals surface area contributed by atoms with Crippen molar-refractivity contribution in [3.63, 3.8) is 0 Å². The topological polar surface area (TPSA) is 24.5 Å². The van der Waals surface area contributed by atoms with Gasteiger partial charge >= 0.3 is 0 Å². The van der Waals surface area contributed by atoms with Crippen LogP contribution < -0.4 is 5.32 Å². The van der Waals surface area contributed by atoms with Gasteiger partial charge in [-0.15, -0.1) is 0 Å². The van der Waals surface area contributed by atoms with Crippen molar-refractivity contribution in [3.8, 4) is 0 Å². The van der Waals surface area contributed by atoms with Crippen molar-refractivity contribution in [1.82, 2.24) is 10.2 Å². The second kappa shape index (κ2) is 8.89. The molecular weight excluding hydrogens is 328 g/mol. The minimum Gasteiger partial charge on any atom is -0.376 e. The Morgan fingerprint density at radius 2 is 2.24 bits per heavy atom. The van der Waals surface area contributed by atoms with Gasteiger partial charge < -0.3 is 10.1 Å². The zero-order valence-corrected chi connectivity index (χ0v) is 14.8. The van der Waals surface area contributed by atoms with E-state index in [1.165, 1.54) is 22.0 Å². The molecule has 3 nitrogen and oxygen atoms in total. The highest BCUT2D eigenvalue weighted by molar-refractivity contribution is 9.10. The molecule has 118 valence electrons. The van der Waals surface area contributed by atoms with Crippen LogP contribution in [0.25, 0.3) is 0 Å². The highest BCUT2D eigenvalue weighted by Gasteiger charge is 2.19. The summed E-state index contributed by atoms with van der Waals surface area (Å²) in [6.07, 6.45) is 2.67. The monoisotopic (exact) mass is 354 g/mol.